The van der Waals surface area contributed by atoms with Crippen molar-refractivity contribution in [3.63, 3.8) is 0 Å². The van der Waals surface area contributed by atoms with E-state index in [9.17, 15) is 4.79 Å². The monoisotopic (exact) mass is 182 g/mol. The molecule has 2 saturated carbocycles. The molecule has 74 valence electrons. The van der Waals surface area contributed by atoms with Crippen molar-refractivity contribution in [1.82, 2.24) is 0 Å². The lowest BCUT2D eigenvalue weighted by molar-refractivity contribution is -0.149. The summed E-state index contributed by atoms with van der Waals surface area (Å²) in [6.45, 7) is 2.42. The van der Waals surface area contributed by atoms with Gasteiger partial charge in [-0.2, -0.15) is 0 Å². The van der Waals surface area contributed by atoms with E-state index < -0.39 is 0 Å². The van der Waals surface area contributed by atoms with Crippen LogP contribution in [0.3, 0.4) is 0 Å². The number of carbonyl (C=O) groups is 1. The Morgan fingerprint density at radius 3 is 2.92 bits per heavy atom. The fourth-order valence-corrected chi connectivity index (χ4v) is 3.10. The Morgan fingerprint density at radius 2 is 2.15 bits per heavy atom. The van der Waals surface area contributed by atoms with Gasteiger partial charge in [0.15, 0.2) is 0 Å². The van der Waals surface area contributed by atoms with Crippen LogP contribution in [-0.2, 0) is 9.53 Å². The lowest BCUT2D eigenvalue weighted by Gasteiger charge is -2.16. The largest absolute Gasteiger partial charge is 0.466 e. The summed E-state index contributed by atoms with van der Waals surface area (Å²) in [5.41, 5.74) is 0. The van der Waals surface area contributed by atoms with Gasteiger partial charge in [0.1, 0.15) is 0 Å². The molecule has 0 aromatic rings. The average molecular weight is 182 g/mol. The van der Waals surface area contributed by atoms with Gasteiger partial charge >= 0.3 is 5.97 Å². The van der Waals surface area contributed by atoms with E-state index in [0.717, 1.165) is 12.3 Å². The van der Waals surface area contributed by atoms with Crippen molar-refractivity contribution in [2.24, 2.45) is 17.8 Å². The fraction of sp³-hybridized carbons (Fsp3) is 0.909. The molecule has 0 radical (unpaired) electrons. The number of esters is 1. The van der Waals surface area contributed by atoms with Crippen LogP contribution in [0.1, 0.15) is 39.0 Å². The first-order chi connectivity index (χ1) is 6.33. The second-order valence-corrected chi connectivity index (χ2v) is 4.29. The Bertz CT molecular complexity index is 200. The number of carbonyl (C=O) groups excluding carboxylic acids is 1. The molecular formula is C11H18O2. The summed E-state index contributed by atoms with van der Waals surface area (Å²) in [5, 5.41) is 0. The van der Waals surface area contributed by atoms with Crippen LogP contribution < -0.4 is 0 Å². The third-order valence-corrected chi connectivity index (χ3v) is 3.67. The standard InChI is InChI=1S/C11H18O2/c1-2-13-11(12)10-7-6-8-4-3-5-9(8)10/h8-10H,2-7H2,1H3/t8-,9-,10+/m0/s1. The molecule has 0 aromatic carbocycles. The molecule has 13 heavy (non-hydrogen) atoms. The number of hydrogen-bond acceptors (Lipinski definition) is 2. The van der Waals surface area contributed by atoms with E-state index in [-0.39, 0.29) is 11.9 Å². The zero-order valence-electron chi connectivity index (χ0n) is 8.29. The van der Waals surface area contributed by atoms with E-state index in [1.165, 1.54) is 25.7 Å². The molecule has 2 aliphatic rings. The van der Waals surface area contributed by atoms with E-state index in [1.54, 1.807) is 0 Å². The second-order valence-electron chi connectivity index (χ2n) is 4.29. The number of ether oxygens (including phenoxy) is 1. The van der Waals surface area contributed by atoms with Crippen LogP contribution in [0, 0.1) is 17.8 Å². The maximum Gasteiger partial charge on any atom is 0.309 e. The molecule has 0 saturated heterocycles. The third-order valence-electron chi connectivity index (χ3n) is 3.67. The molecule has 0 aliphatic heterocycles. The van der Waals surface area contributed by atoms with E-state index in [0.29, 0.717) is 12.5 Å². The molecule has 0 aromatic heterocycles. The first kappa shape index (κ1) is 9.04. The van der Waals surface area contributed by atoms with Gasteiger partial charge in [-0.15, -0.1) is 0 Å². The molecule has 0 amide bonds. The van der Waals surface area contributed by atoms with Crippen molar-refractivity contribution in [2.75, 3.05) is 6.61 Å². The predicted octanol–water partition coefficient (Wildman–Crippen LogP) is 2.38. The summed E-state index contributed by atoms with van der Waals surface area (Å²) in [7, 11) is 0. The average Bonchev–Trinajstić information content (AvgIpc) is 2.62. The summed E-state index contributed by atoms with van der Waals surface area (Å²) in [4.78, 5) is 11.6. The van der Waals surface area contributed by atoms with Crippen LogP contribution in [0.5, 0.6) is 0 Å². The van der Waals surface area contributed by atoms with Gasteiger partial charge in [0.25, 0.3) is 0 Å². The van der Waals surface area contributed by atoms with Gasteiger partial charge in [-0.25, -0.2) is 0 Å². The molecule has 0 bridgehead atoms. The Hall–Kier alpha value is -0.530. The lowest BCUT2D eigenvalue weighted by atomic mass is 9.92. The predicted molar refractivity (Wildman–Crippen MR) is 50.2 cm³/mol. The highest BCUT2D eigenvalue weighted by Crippen LogP contribution is 2.47. The Morgan fingerprint density at radius 1 is 1.31 bits per heavy atom. The van der Waals surface area contributed by atoms with Crippen molar-refractivity contribution in [3.05, 3.63) is 0 Å². The Balaban J connectivity index is 1.96. The highest BCUT2D eigenvalue weighted by molar-refractivity contribution is 5.73. The van der Waals surface area contributed by atoms with Crippen LogP contribution in [0.2, 0.25) is 0 Å². The van der Waals surface area contributed by atoms with Gasteiger partial charge in [-0.3, -0.25) is 4.79 Å². The van der Waals surface area contributed by atoms with Crippen LogP contribution >= 0.6 is 0 Å². The summed E-state index contributed by atoms with van der Waals surface area (Å²) < 4.78 is 5.10. The number of rotatable bonds is 2. The van der Waals surface area contributed by atoms with Gasteiger partial charge < -0.3 is 4.74 Å². The summed E-state index contributed by atoms with van der Waals surface area (Å²) in [6.07, 6.45) is 6.27. The second kappa shape index (κ2) is 3.69. The first-order valence-electron chi connectivity index (χ1n) is 5.49. The molecule has 0 N–H and O–H groups in total. The van der Waals surface area contributed by atoms with Crippen LogP contribution in [0.25, 0.3) is 0 Å². The number of hydrogen-bond donors (Lipinski definition) is 0. The summed E-state index contributed by atoms with van der Waals surface area (Å²) in [5.74, 6) is 1.82. The van der Waals surface area contributed by atoms with Gasteiger partial charge in [-0.1, -0.05) is 12.8 Å². The topological polar surface area (TPSA) is 26.3 Å². The Labute approximate surface area is 79.7 Å². The van der Waals surface area contributed by atoms with Crippen LogP contribution in [0.4, 0.5) is 0 Å². The maximum atomic E-state index is 11.6. The van der Waals surface area contributed by atoms with Crippen molar-refractivity contribution in [2.45, 2.75) is 39.0 Å². The minimum Gasteiger partial charge on any atom is -0.466 e. The molecule has 2 heteroatoms. The molecule has 0 heterocycles. The van der Waals surface area contributed by atoms with Crippen LogP contribution in [0.15, 0.2) is 0 Å². The molecule has 2 aliphatic carbocycles. The molecule has 3 atom stereocenters. The van der Waals surface area contributed by atoms with Gasteiger partial charge in [0.05, 0.1) is 12.5 Å². The lowest BCUT2D eigenvalue weighted by Crippen LogP contribution is -2.21. The molecular weight excluding hydrogens is 164 g/mol. The fourth-order valence-electron chi connectivity index (χ4n) is 3.10. The maximum absolute atomic E-state index is 11.6. The van der Waals surface area contributed by atoms with E-state index in [1.807, 2.05) is 6.92 Å². The normalized spacial score (nSPS) is 37.5. The van der Waals surface area contributed by atoms with Gasteiger partial charge in [0.2, 0.25) is 0 Å². The Kier molecular flexibility index (Phi) is 2.56. The SMILES string of the molecule is CCOC(=O)[C@@H]1CC[C@@H]2CCC[C@@H]21. The van der Waals surface area contributed by atoms with E-state index in [4.69, 9.17) is 4.74 Å². The minimum absolute atomic E-state index is 0.0666. The summed E-state index contributed by atoms with van der Waals surface area (Å²) >= 11 is 0. The van der Waals surface area contributed by atoms with E-state index in [2.05, 4.69) is 0 Å². The van der Waals surface area contributed by atoms with Crippen LogP contribution in [-0.4, -0.2) is 12.6 Å². The van der Waals surface area contributed by atoms with Crippen molar-refractivity contribution >= 4 is 5.97 Å². The highest BCUT2D eigenvalue weighted by Gasteiger charge is 2.43. The quantitative estimate of drug-likeness (QED) is 0.613. The van der Waals surface area contributed by atoms with Gasteiger partial charge in [-0.05, 0) is 38.0 Å². The third kappa shape index (κ3) is 1.59. The smallest absolute Gasteiger partial charge is 0.309 e. The van der Waals surface area contributed by atoms with Gasteiger partial charge in [0, 0.05) is 0 Å². The van der Waals surface area contributed by atoms with Crippen molar-refractivity contribution < 1.29 is 9.53 Å². The van der Waals surface area contributed by atoms with Crippen molar-refractivity contribution in [1.29, 1.82) is 0 Å². The molecule has 2 rings (SSSR count). The zero-order chi connectivity index (χ0) is 9.26. The minimum atomic E-state index is 0.0666. The number of fused-ring (bicyclic) bond motifs is 1. The summed E-state index contributed by atoms with van der Waals surface area (Å²) in [6, 6.07) is 0. The molecule has 0 spiro atoms. The first-order valence-corrected chi connectivity index (χ1v) is 5.49. The zero-order valence-corrected chi connectivity index (χ0v) is 8.29. The molecule has 0 unspecified atom stereocenters. The molecule has 2 fully saturated rings. The van der Waals surface area contributed by atoms with E-state index >= 15 is 0 Å². The van der Waals surface area contributed by atoms with Crippen molar-refractivity contribution in [3.8, 4) is 0 Å². The molecule has 2 nitrogen and oxygen atoms in total. The highest BCUT2D eigenvalue weighted by atomic mass is 16.5.